The van der Waals surface area contributed by atoms with Gasteiger partial charge in [0.2, 0.25) is 0 Å². The molecule has 2 rings (SSSR count). The van der Waals surface area contributed by atoms with Crippen LogP contribution in [0.1, 0.15) is 10.4 Å². The molecule has 0 unspecified atom stereocenters. The Morgan fingerprint density at radius 2 is 1.75 bits per heavy atom. The van der Waals surface area contributed by atoms with Crippen molar-refractivity contribution in [2.75, 3.05) is 0 Å². The zero-order valence-corrected chi connectivity index (χ0v) is 11.6. The Balaban J connectivity index is 1.95. The van der Waals surface area contributed by atoms with Crippen molar-refractivity contribution >= 4 is 46.3 Å². The van der Waals surface area contributed by atoms with Crippen LogP contribution in [0.4, 0.5) is 0 Å². The van der Waals surface area contributed by atoms with E-state index >= 15 is 0 Å². The first-order valence-corrected chi connectivity index (χ1v) is 7.59. The molecular weight excluding hydrogens is 279 g/mol. The second-order valence-corrected chi connectivity index (χ2v) is 6.10. The van der Waals surface area contributed by atoms with Crippen molar-refractivity contribution in [2.45, 2.75) is 11.5 Å². The summed E-state index contributed by atoms with van der Waals surface area (Å²) in [5.74, 6) is 1.87. The molecule has 0 fully saturated rings. The van der Waals surface area contributed by atoms with Crippen LogP contribution in [0.15, 0.2) is 35.7 Å². The molecule has 0 spiro atoms. The van der Waals surface area contributed by atoms with E-state index in [0.29, 0.717) is 0 Å². The molecule has 4 heteroatoms. The first kappa shape index (κ1) is 12.3. The molecule has 0 atom stereocenters. The highest BCUT2D eigenvalue weighted by Gasteiger charge is 2.05. The summed E-state index contributed by atoms with van der Waals surface area (Å²) in [5, 5.41) is 3.61. The number of benzene rings is 1. The maximum atomic E-state index is 6.09. The predicted molar refractivity (Wildman–Crippen MR) is 75.8 cm³/mol. The SMILES string of the molecule is Clc1cccc(Cl)c1CSCc1cccs1. The molecule has 0 saturated heterocycles. The molecule has 1 heterocycles. The molecule has 1 aromatic heterocycles. The van der Waals surface area contributed by atoms with E-state index in [1.54, 1.807) is 11.3 Å². The molecule has 0 N–H and O–H groups in total. The third kappa shape index (κ3) is 3.17. The highest BCUT2D eigenvalue weighted by Crippen LogP contribution is 2.29. The summed E-state index contributed by atoms with van der Waals surface area (Å²) in [5.41, 5.74) is 1.03. The van der Waals surface area contributed by atoms with Crippen LogP contribution in [-0.4, -0.2) is 0 Å². The zero-order valence-electron chi connectivity index (χ0n) is 8.45. The molecular formula is C12H10Cl2S2. The summed E-state index contributed by atoms with van der Waals surface area (Å²) in [4.78, 5) is 1.38. The van der Waals surface area contributed by atoms with Crippen molar-refractivity contribution in [2.24, 2.45) is 0 Å². The highest BCUT2D eigenvalue weighted by molar-refractivity contribution is 7.97. The summed E-state index contributed by atoms with van der Waals surface area (Å²) < 4.78 is 0. The van der Waals surface area contributed by atoms with Gasteiger partial charge in [-0.1, -0.05) is 35.3 Å². The Hall–Kier alpha value is -0.150. The van der Waals surface area contributed by atoms with E-state index in [0.717, 1.165) is 27.1 Å². The van der Waals surface area contributed by atoms with Crippen molar-refractivity contribution in [1.82, 2.24) is 0 Å². The maximum Gasteiger partial charge on any atom is 0.0461 e. The van der Waals surface area contributed by atoms with Gasteiger partial charge in [0, 0.05) is 26.4 Å². The Bertz CT molecular complexity index is 432. The smallest absolute Gasteiger partial charge is 0.0461 e. The second-order valence-electron chi connectivity index (χ2n) is 3.27. The number of thiophene rings is 1. The fourth-order valence-corrected chi connectivity index (χ4v) is 3.93. The Kier molecular flexibility index (Phi) is 4.59. The topological polar surface area (TPSA) is 0 Å². The van der Waals surface area contributed by atoms with Crippen molar-refractivity contribution in [3.8, 4) is 0 Å². The first-order valence-electron chi connectivity index (χ1n) is 4.80. The maximum absolute atomic E-state index is 6.09. The average Bonchev–Trinajstić information content (AvgIpc) is 2.75. The lowest BCUT2D eigenvalue weighted by Crippen LogP contribution is -1.85. The minimum absolute atomic E-state index is 0.756. The van der Waals surface area contributed by atoms with Gasteiger partial charge in [0.25, 0.3) is 0 Å². The van der Waals surface area contributed by atoms with Crippen LogP contribution in [0.5, 0.6) is 0 Å². The van der Waals surface area contributed by atoms with Gasteiger partial charge in [-0.25, -0.2) is 0 Å². The van der Waals surface area contributed by atoms with Gasteiger partial charge in [0.1, 0.15) is 0 Å². The van der Waals surface area contributed by atoms with Gasteiger partial charge in [0.15, 0.2) is 0 Å². The normalized spacial score (nSPS) is 10.6. The van der Waals surface area contributed by atoms with Gasteiger partial charge in [0.05, 0.1) is 0 Å². The Morgan fingerprint density at radius 3 is 2.38 bits per heavy atom. The monoisotopic (exact) mass is 288 g/mol. The van der Waals surface area contributed by atoms with Crippen molar-refractivity contribution < 1.29 is 0 Å². The van der Waals surface area contributed by atoms with Crippen LogP contribution in [0, 0.1) is 0 Å². The van der Waals surface area contributed by atoms with E-state index in [9.17, 15) is 0 Å². The molecule has 0 aliphatic heterocycles. The molecule has 1 aromatic carbocycles. The van der Waals surface area contributed by atoms with Crippen LogP contribution in [0.3, 0.4) is 0 Å². The van der Waals surface area contributed by atoms with Crippen molar-refractivity contribution in [1.29, 1.82) is 0 Å². The van der Waals surface area contributed by atoms with Crippen LogP contribution in [-0.2, 0) is 11.5 Å². The van der Waals surface area contributed by atoms with E-state index < -0.39 is 0 Å². The van der Waals surface area contributed by atoms with Crippen molar-refractivity contribution in [3.05, 3.63) is 56.2 Å². The molecule has 0 nitrogen and oxygen atoms in total. The number of halogens is 2. The second kappa shape index (κ2) is 5.97. The zero-order chi connectivity index (χ0) is 11.4. The van der Waals surface area contributed by atoms with Gasteiger partial charge in [-0.15, -0.1) is 11.3 Å². The van der Waals surface area contributed by atoms with E-state index in [1.165, 1.54) is 4.88 Å². The highest BCUT2D eigenvalue weighted by atomic mass is 35.5. The molecule has 0 bridgehead atoms. The summed E-state index contributed by atoms with van der Waals surface area (Å²) in [7, 11) is 0. The summed E-state index contributed by atoms with van der Waals surface area (Å²) in [6.07, 6.45) is 0. The standard InChI is InChI=1S/C12H10Cl2S2/c13-11-4-1-5-12(14)10(11)8-15-7-9-3-2-6-16-9/h1-6H,7-8H2. The molecule has 0 aliphatic rings. The minimum Gasteiger partial charge on any atom is -0.151 e. The lowest BCUT2D eigenvalue weighted by molar-refractivity contribution is 1.39. The largest absolute Gasteiger partial charge is 0.151 e. The minimum atomic E-state index is 0.756. The fourth-order valence-electron chi connectivity index (χ4n) is 1.32. The van der Waals surface area contributed by atoms with Crippen LogP contribution < -0.4 is 0 Å². The van der Waals surface area contributed by atoms with E-state index in [4.69, 9.17) is 23.2 Å². The van der Waals surface area contributed by atoms with Crippen LogP contribution >= 0.6 is 46.3 Å². The summed E-state index contributed by atoms with van der Waals surface area (Å²) in [6.45, 7) is 0. The molecule has 0 saturated carbocycles. The lowest BCUT2D eigenvalue weighted by Gasteiger charge is -2.05. The Morgan fingerprint density at radius 1 is 1.00 bits per heavy atom. The van der Waals surface area contributed by atoms with Gasteiger partial charge >= 0.3 is 0 Å². The van der Waals surface area contributed by atoms with Gasteiger partial charge in [-0.05, 0) is 29.1 Å². The molecule has 0 amide bonds. The number of hydrogen-bond acceptors (Lipinski definition) is 2. The number of rotatable bonds is 4. The Labute approximate surface area is 114 Å². The third-order valence-corrected chi connectivity index (χ3v) is 4.91. The van der Waals surface area contributed by atoms with Crippen LogP contribution in [0.25, 0.3) is 0 Å². The van der Waals surface area contributed by atoms with Crippen LogP contribution in [0.2, 0.25) is 10.0 Å². The summed E-state index contributed by atoms with van der Waals surface area (Å²) in [6, 6.07) is 9.86. The third-order valence-electron chi connectivity index (χ3n) is 2.13. The molecule has 0 radical (unpaired) electrons. The molecule has 84 valence electrons. The number of thioether (sulfide) groups is 1. The predicted octanol–water partition coefficient (Wildman–Crippen LogP) is 5.49. The molecule has 2 aromatic rings. The fraction of sp³-hybridized carbons (Fsp3) is 0.167. The molecule has 16 heavy (non-hydrogen) atoms. The van der Waals surface area contributed by atoms with Gasteiger partial charge < -0.3 is 0 Å². The van der Waals surface area contributed by atoms with E-state index in [2.05, 4.69) is 17.5 Å². The van der Waals surface area contributed by atoms with Gasteiger partial charge in [-0.2, -0.15) is 11.8 Å². The quantitative estimate of drug-likeness (QED) is 0.717. The van der Waals surface area contributed by atoms with E-state index in [1.807, 2.05) is 30.0 Å². The summed E-state index contributed by atoms with van der Waals surface area (Å²) >= 11 is 15.8. The van der Waals surface area contributed by atoms with Gasteiger partial charge in [-0.3, -0.25) is 0 Å². The molecule has 0 aliphatic carbocycles. The lowest BCUT2D eigenvalue weighted by atomic mass is 10.2. The number of hydrogen-bond donors (Lipinski definition) is 0. The van der Waals surface area contributed by atoms with Crippen molar-refractivity contribution in [3.63, 3.8) is 0 Å². The first-order chi connectivity index (χ1) is 7.77. The van der Waals surface area contributed by atoms with E-state index in [-0.39, 0.29) is 0 Å². The average molecular weight is 289 g/mol.